The highest BCUT2D eigenvalue weighted by Crippen LogP contribution is 1.83. The number of aliphatic imine (C=N–C) groups is 1. The maximum absolute atomic E-state index is 3.75. The second-order valence-corrected chi connectivity index (χ2v) is 1.67. The predicted octanol–water partition coefficient (Wildman–Crippen LogP) is 0.986. The summed E-state index contributed by atoms with van der Waals surface area (Å²) in [5, 5.41) is 0. The molecule has 0 spiro atoms. The molecule has 0 unspecified atom stereocenters. The van der Waals surface area contributed by atoms with Crippen molar-refractivity contribution in [1.82, 2.24) is 4.90 Å². The van der Waals surface area contributed by atoms with E-state index in [2.05, 4.69) is 30.5 Å². The Balaban J connectivity index is 3.20. The van der Waals surface area contributed by atoms with E-state index >= 15 is 0 Å². The second kappa shape index (κ2) is 4.78. The van der Waals surface area contributed by atoms with Crippen molar-refractivity contribution in [1.29, 1.82) is 0 Å². The lowest BCUT2D eigenvalue weighted by molar-refractivity contribution is 0.315. The fourth-order valence-corrected chi connectivity index (χ4v) is 0.565. The molecule has 0 atom stereocenters. The normalized spacial score (nSPS) is 9.88. The first-order valence-electron chi connectivity index (χ1n) is 3.00. The molecule has 0 radical (unpaired) electrons. The smallest absolute Gasteiger partial charge is 0.0901 e. The van der Waals surface area contributed by atoms with Gasteiger partial charge in [-0.2, -0.15) is 0 Å². The van der Waals surface area contributed by atoms with E-state index in [4.69, 9.17) is 0 Å². The molecule has 0 heterocycles. The van der Waals surface area contributed by atoms with Crippen LogP contribution in [0.5, 0.6) is 0 Å². The molecule has 8 heavy (non-hydrogen) atoms. The van der Waals surface area contributed by atoms with Crippen LogP contribution >= 0.6 is 0 Å². The van der Waals surface area contributed by atoms with Gasteiger partial charge < -0.3 is 0 Å². The van der Waals surface area contributed by atoms with E-state index in [9.17, 15) is 0 Å². The van der Waals surface area contributed by atoms with Crippen molar-refractivity contribution in [3.63, 3.8) is 0 Å². The molecule has 0 aliphatic rings. The summed E-state index contributed by atoms with van der Waals surface area (Å²) in [4.78, 5) is 5.96. The van der Waals surface area contributed by atoms with Crippen LogP contribution < -0.4 is 0 Å². The molecule has 0 N–H and O–H groups in total. The van der Waals surface area contributed by atoms with E-state index in [0.29, 0.717) is 0 Å². The average Bonchev–Trinajstić information content (AvgIpc) is 1.83. The lowest BCUT2D eigenvalue weighted by atomic mass is 10.6. The Morgan fingerprint density at radius 2 is 1.88 bits per heavy atom. The zero-order valence-corrected chi connectivity index (χ0v) is 5.72. The molecule has 2 heteroatoms. The number of rotatable bonds is 4. The van der Waals surface area contributed by atoms with E-state index in [-0.39, 0.29) is 0 Å². The van der Waals surface area contributed by atoms with Crippen molar-refractivity contribution in [2.45, 2.75) is 13.8 Å². The Hall–Kier alpha value is -0.370. The quantitative estimate of drug-likeness (QED) is 0.497. The van der Waals surface area contributed by atoms with Crippen molar-refractivity contribution >= 4 is 6.72 Å². The Labute approximate surface area is 51.2 Å². The van der Waals surface area contributed by atoms with E-state index in [1.165, 1.54) is 0 Å². The summed E-state index contributed by atoms with van der Waals surface area (Å²) >= 11 is 0. The van der Waals surface area contributed by atoms with Crippen molar-refractivity contribution in [2.24, 2.45) is 4.99 Å². The lowest BCUT2D eigenvalue weighted by Gasteiger charge is -2.13. The Bertz CT molecular complexity index is 57.5. The highest BCUT2D eigenvalue weighted by atomic mass is 15.2. The largest absolute Gasteiger partial charge is 0.285 e. The summed E-state index contributed by atoms with van der Waals surface area (Å²) in [6.45, 7) is 10.5. The fraction of sp³-hybridized carbons (Fsp3) is 0.833. The minimum Gasteiger partial charge on any atom is -0.285 e. The van der Waals surface area contributed by atoms with Crippen LogP contribution in [0.4, 0.5) is 0 Å². The fourth-order valence-electron chi connectivity index (χ4n) is 0.565. The van der Waals surface area contributed by atoms with Crippen molar-refractivity contribution < 1.29 is 0 Å². The van der Waals surface area contributed by atoms with Gasteiger partial charge in [-0.05, 0) is 19.8 Å². The van der Waals surface area contributed by atoms with Crippen LogP contribution in [0.2, 0.25) is 0 Å². The van der Waals surface area contributed by atoms with Gasteiger partial charge in [-0.3, -0.25) is 9.89 Å². The van der Waals surface area contributed by atoms with E-state index in [1.54, 1.807) is 0 Å². The van der Waals surface area contributed by atoms with E-state index in [1.807, 2.05) is 0 Å². The van der Waals surface area contributed by atoms with Crippen molar-refractivity contribution in [3.05, 3.63) is 0 Å². The lowest BCUT2D eigenvalue weighted by Crippen LogP contribution is -2.22. The molecule has 48 valence electrons. The molecule has 0 amide bonds. The predicted molar refractivity (Wildman–Crippen MR) is 37.3 cm³/mol. The molecule has 0 saturated carbocycles. The molecule has 0 aromatic heterocycles. The van der Waals surface area contributed by atoms with Crippen molar-refractivity contribution in [3.8, 4) is 0 Å². The maximum Gasteiger partial charge on any atom is 0.0901 e. The third kappa shape index (κ3) is 2.75. The molecule has 0 aliphatic carbocycles. The number of hydrogen-bond acceptors (Lipinski definition) is 2. The Morgan fingerprint density at radius 3 is 2.00 bits per heavy atom. The Morgan fingerprint density at radius 1 is 1.38 bits per heavy atom. The molecule has 0 saturated heterocycles. The molecular formula is C6H14N2. The van der Waals surface area contributed by atoms with Gasteiger partial charge in [0.15, 0.2) is 0 Å². The topological polar surface area (TPSA) is 15.6 Å². The molecular weight excluding hydrogens is 100 g/mol. The van der Waals surface area contributed by atoms with E-state index in [0.717, 1.165) is 19.8 Å². The zero-order chi connectivity index (χ0) is 6.41. The van der Waals surface area contributed by atoms with Gasteiger partial charge in [-0.15, -0.1) is 0 Å². The van der Waals surface area contributed by atoms with Crippen LogP contribution in [0.15, 0.2) is 4.99 Å². The van der Waals surface area contributed by atoms with Crippen LogP contribution in [0.25, 0.3) is 0 Å². The number of nitrogens with zero attached hydrogens (tertiary/aromatic N) is 2. The third-order valence-electron chi connectivity index (χ3n) is 1.19. The number of hydrogen-bond donors (Lipinski definition) is 0. The summed E-state index contributed by atoms with van der Waals surface area (Å²) in [7, 11) is 0. The molecule has 0 rings (SSSR count). The zero-order valence-electron chi connectivity index (χ0n) is 5.72. The van der Waals surface area contributed by atoms with Gasteiger partial charge in [-0.1, -0.05) is 13.8 Å². The molecule has 0 aromatic rings. The van der Waals surface area contributed by atoms with Gasteiger partial charge in [0, 0.05) is 0 Å². The summed E-state index contributed by atoms with van der Waals surface area (Å²) in [5.74, 6) is 0. The molecule has 0 aliphatic heterocycles. The third-order valence-corrected chi connectivity index (χ3v) is 1.19. The van der Waals surface area contributed by atoms with Gasteiger partial charge in [0.05, 0.1) is 6.67 Å². The minimum atomic E-state index is 0.771. The Kier molecular flexibility index (Phi) is 4.56. The summed E-state index contributed by atoms with van der Waals surface area (Å²) in [5.41, 5.74) is 0. The second-order valence-electron chi connectivity index (χ2n) is 1.67. The molecule has 2 nitrogen and oxygen atoms in total. The van der Waals surface area contributed by atoms with Gasteiger partial charge in [0.25, 0.3) is 0 Å². The highest BCUT2D eigenvalue weighted by Gasteiger charge is 1.91. The van der Waals surface area contributed by atoms with Crippen LogP contribution in [0.1, 0.15) is 13.8 Å². The minimum absolute atomic E-state index is 0.771. The van der Waals surface area contributed by atoms with Gasteiger partial charge >= 0.3 is 0 Å². The molecule has 0 fully saturated rings. The molecule has 0 bridgehead atoms. The van der Waals surface area contributed by atoms with Gasteiger partial charge in [0.1, 0.15) is 0 Å². The maximum atomic E-state index is 3.75. The van der Waals surface area contributed by atoms with Crippen LogP contribution in [-0.4, -0.2) is 31.4 Å². The standard InChI is InChI=1S/C6H14N2/c1-4-8(5-2)6-7-3/h3-6H2,1-2H3. The van der Waals surface area contributed by atoms with Gasteiger partial charge in [-0.25, -0.2) is 0 Å². The summed E-state index contributed by atoms with van der Waals surface area (Å²) < 4.78 is 0. The average molecular weight is 114 g/mol. The monoisotopic (exact) mass is 114 g/mol. The van der Waals surface area contributed by atoms with Crippen LogP contribution in [0, 0.1) is 0 Å². The summed E-state index contributed by atoms with van der Waals surface area (Å²) in [6, 6.07) is 0. The van der Waals surface area contributed by atoms with Gasteiger partial charge in [0.2, 0.25) is 0 Å². The molecule has 0 aromatic carbocycles. The summed E-state index contributed by atoms with van der Waals surface area (Å²) in [6.07, 6.45) is 0. The van der Waals surface area contributed by atoms with Crippen LogP contribution in [0.3, 0.4) is 0 Å². The first-order valence-corrected chi connectivity index (χ1v) is 3.00. The highest BCUT2D eigenvalue weighted by molar-refractivity contribution is 5.22. The van der Waals surface area contributed by atoms with Crippen LogP contribution in [-0.2, 0) is 0 Å². The van der Waals surface area contributed by atoms with Crippen molar-refractivity contribution in [2.75, 3.05) is 19.8 Å². The first kappa shape index (κ1) is 7.63. The van der Waals surface area contributed by atoms with E-state index < -0.39 is 0 Å². The first-order chi connectivity index (χ1) is 3.85. The SMILES string of the molecule is C=NCN(CC)CC.